The van der Waals surface area contributed by atoms with E-state index in [1.165, 1.54) is 6.21 Å². The Hall–Kier alpha value is -4.46. The molecule has 0 aromatic heterocycles. The van der Waals surface area contributed by atoms with Crippen molar-refractivity contribution in [2.75, 3.05) is 11.9 Å². The molecule has 3 aromatic rings. The van der Waals surface area contributed by atoms with Gasteiger partial charge in [0.1, 0.15) is 5.75 Å². The molecular weight excluding hydrogens is 456 g/mol. The third-order valence-electron chi connectivity index (χ3n) is 5.35. The van der Waals surface area contributed by atoms with Gasteiger partial charge in [0.25, 0.3) is 5.91 Å². The summed E-state index contributed by atoms with van der Waals surface area (Å²) in [7, 11) is 0. The summed E-state index contributed by atoms with van der Waals surface area (Å²) in [4.78, 5) is 36.1. The Balaban J connectivity index is 1.42. The molecule has 3 amide bonds. The monoisotopic (exact) mass is 486 g/mol. The number of nitrogens with one attached hydrogen (secondary N) is 3. The Labute approximate surface area is 210 Å². The van der Waals surface area contributed by atoms with Crippen molar-refractivity contribution < 1.29 is 19.1 Å². The first kappa shape index (κ1) is 26.2. The third-order valence-corrected chi connectivity index (χ3v) is 5.35. The average Bonchev–Trinajstić information content (AvgIpc) is 2.85. The molecule has 0 saturated heterocycles. The molecule has 8 heteroatoms. The Morgan fingerprint density at radius 1 is 0.833 bits per heavy atom. The topological polar surface area (TPSA) is 109 Å². The molecule has 0 fully saturated rings. The van der Waals surface area contributed by atoms with Gasteiger partial charge in [0, 0.05) is 12.2 Å². The van der Waals surface area contributed by atoms with E-state index in [4.69, 9.17) is 4.74 Å². The van der Waals surface area contributed by atoms with E-state index in [9.17, 15) is 14.4 Å². The Morgan fingerprint density at radius 2 is 1.47 bits per heavy atom. The van der Waals surface area contributed by atoms with Crippen LogP contribution in [-0.4, -0.2) is 30.5 Å². The standard InChI is InChI=1S/C28H30N4O4/c1-18-5-7-22(8-6-18)15-29-27(34)28(35)32-30-16-23-9-11-24(12-10-23)36-17-25(33)31-26-20(3)13-19(2)14-21(26)4/h5-14,16H,15,17H2,1-4H3,(H,29,34)(H,31,33)(H,32,35)/b30-16-. The van der Waals surface area contributed by atoms with Crippen molar-refractivity contribution in [3.8, 4) is 5.75 Å². The number of benzene rings is 3. The minimum Gasteiger partial charge on any atom is -0.484 e. The zero-order chi connectivity index (χ0) is 26.1. The lowest BCUT2D eigenvalue weighted by molar-refractivity contribution is -0.139. The number of anilines is 1. The van der Waals surface area contributed by atoms with Crippen LogP contribution in [0.1, 0.15) is 33.4 Å². The lowest BCUT2D eigenvalue weighted by Gasteiger charge is -2.13. The van der Waals surface area contributed by atoms with E-state index in [2.05, 4.69) is 21.2 Å². The van der Waals surface area contributed by atoms with E-state index in [-0.39, 0.29) is 19.1 Å². The van der Waals surface area contributed by atoms with Crippen molar-refractivity contribution in [2.24, 2.45) is 5.10 Å². The first-order valence-electron chi connectivity index (χ1n) is 11.5. The second kappa shape index (κ2) is 12.3. The molecule has 0 aliphatic heterocycles. The van der Waals surface area contributed by atoms with E-state index in [0.29, 0.717) is 11.3 Å². The average molecular weight is 487 g/mol. The van der Waals surface area contributed by atoms with Crippen molar-refractivity contribution in [1.29, 1.82) is 0 Å². The van der Waals surface area contributed by atoms with E-state index in [1.54, 1.807) is 24.3 Å². The first-order valence-corrected chi connectivity index (χ1v) is 11.5. The molecule has 0 spiro atoms. The number of carbonyl (C=O) groups excluding carboxylic acids is 3. The molecule has 0 unspecified atom stereocenters. The number of amides is 3. The predicted octanol–water partition coefficient (Wildman–Crippen LogP) is 3.70. The van der Waals surface area contributed by atoms with Crippen molar-refractivity contribution >= 4 is 29.6 Å². The molecule has 0 bridgehead atoms. The fraction of sp³-hybridized carbons (Fsp3) is 0.214. The van der Waals surface area contributed by atoms with Gasteiger partial charge >= 0.3 is 11.8 Å². The molecule has 0 saturated carbocycles. The van der Waals surface area contributed by atoms with Crippen LogP contribution in [0.3, 0.4) is 0 Å². The van der Waals surface area contributed by atoms with Gasteiger partial charge in [0.15, 0.2) is 6.61 Å². The highest BCUT2D eigenvalue weighted by molar-refractivity contribution is 6.35. The predicted molar refractivity (Wildman–Crippen MR) is 140 cm³/mol. The van der Waals surface area contributed by atoms with Crippen molar-refractivity contribution in [1.82, 2.24) is 10.7 Å². The summed E-state index contributed by atoms with van der Waals surface area (Å²) in [5.41, 5.74) is 8.83. The van der Waals surface area contributed by atoms with E-state index >= 15 is 0 Å². The molecule has 0 aliphatic rings. The number of rotatable bonds is 8. The van der Waals surface area contributed by atoms with Crippen LogP contribution in [0, 0.1) is 27.7 Å². The van der Waals surface area contributed by atoms with Crippen molar-refractivity contribution in [2.45, 2.75) is 34.2 Å². The third kappa shape index (κ3) is 7.80. The SMILES string of the molecule is Cc1ccc(CNC(=O)C(=O)N/N=C\c2ccc(OCC(=O)Nc3c(C)cc(C)cc3C)cc2)cc1. The zero-order valence-electron chi connectivity index (χ0n) is 20.8. The van der Waals surface area contributed by atoms with Gasteiger partial charge in [-0.05, 0) is 74.2 Å². The second-order valence-electron chi connectivity index (χ2n) is 8.55. The highest BCUT2D eigenvalue weighted by Gasteiger charge is 2.12. The number of hydrogen-bond donors (Lipinski definition) is 3. The van der Waals surface area contributed by atoms with Gasteiger partial charge in [-0.1, -0.05) is 47.5 Å². The minimum absolute atomic E-state index is 0.131. The van der Waals surface area contributed by atoms with Gasteiger partial charge in [-0.15, -0.1) is 0 Å². The van der Waals surface area contributed by atoms with Crippen LogP contribution in [0.4, 0.5) is 5.69 Å². The Morgan fingerprint density at radius 3 is 2.11 bits per heavy atom. The number of ether oxygens (including phenoxy) is 1. The number of nitrogens with zero attached hydrogens (tertiary/aromatic N) is 1. The summed E-state index contributed by atoms with van der Waals surface area (Å²) in [6.07, 6.45) is 1.41. The quantitative estimate of drug-likeness (QED) is 0.256. The zero-order valence-corrected chi connectivity index (χ0v) is 20.8. The van der Waals surface area contributed by atoms with E-state index in [0.717, 1.165) is 33.5 Å². The fourth-order valence-electron chi connectivity index (χ4n) is 3.54. The fourth-order valence-corrected chi connectivity index (χ4v) is 3.54. The molecule has 186 valence electrons. The van der Waals surface area contributed by atoms with Gasteiger partial charge in [-0.3, -0.25) is 14.4 Å². The number of aryl methyl sites for hydroxylation is 4. The highest BCUT2D eigenvalue weighted by Crippen LogP contribution is 2.22. The van der Waals surface area contributed by atoms with E-state index < -0.39 is 11.8 Å². The first-order chi connectivity index (χ1) is 17.2. The Bertz CT molecular complexity index is 1240. The van der Waals surface area contributed by atoms with Crippen LogP contribution >= 0.6 is 0 Å². The molecule has 0 radical (unpaired) electrons. The molecular formula is C28H30N4O4. The van der Waals surface area contributed by atoms with Crippen LogP contribution in [0.15, 0.2) is 65.8 Å². The maximum absolute atomic E-state index is 12.3. The number of carbonyl (C=O) groups is 3. The van der Waals surface area contributed by atoms with Gasteiger partial charge in [0.2, 0.25) is 0 Å². The van der Waals surface area contributed by atoms with Gasteiger partial charge < -0.3 is 15.4 Å². The smallest absolute Gasteiger partial charge is 0.329 e. The molecule has 8 nitrogen and oxygen atoms in total. The molecule has 0 heterocycles. The number of hydrogen-bond acceptors (Lipinski definition) is 5. The Kier molecular flexibility index (Phi) is 8.94. The number of hydrazone groups is 1. The molecule has 36 heavy (non-hydrogen) atoms. The highest BCUT2D eigenvalue weighted by atomic mass is 16.5. The summed E-state index contributed by atoms with van der Waals surface area (Å²) >= 11 is 0. The summed E-state index contributed by atoms with van der Waals surface area (Å²) in [6, 6.07) is 18.5. The molecule has 3 rings (SSSR count). The summed E-state index contributed by atoms with van der Waals surface area (Å²) in [6.45, 7) is 8.02. The minimum atomic E-state index is -0.858. The summed E-state index contributed by atoms with van der Waals surface area (Å²) in [5.74, 6) is -1.37. The van der Waals surface area contributed by atoms with Crippen LogP contribution in [0.5, 0.6) is 5.75 Å². The van der Waals surface area contributed by atoms with E-state index in [1.807, 2.05) is 64.1 Å². The molecule has 0 aliphatic carbocycles. The largest absolute Gasteiger partial charge is 0.484 e. The van der Waals surface area contributed by atoms with Crippen LogP contribution in [0.2, 0.25) is 0 Å². The normalized spacial score (nSPS) is 10.7. The van der Waals surface area contributed by atoms with Crippen molar-refractivity contribution in [3.05, 3.63) is 94.0 Å². The molecule has 0 atom stereocenters. The van der Waals surface area contributed by atoms with Gasteiger partial charge in [-0.2, -0.15) is 5.10 Å². The summed E-state index contributed by atoms with van der Waals surface area (Å²) in [5, 5.41) is 9.26. The van der Waals surface area contributed by atoms with Gasteiger partial charge in [0.05, 0.1) is 6.21 Å². The van der Waals surface area contributed by atoms with Crippen LogP contribution < -0.4 is 20.8 Å². The van der Waals surface area contributed by atoms with Crippen LogP contribution in [0.25, 0.3) is 0 Å². The lowest BCUT2D eigenvalue weighted by Crippen LogP contribution is -2.37. The maximum Gasteiger partial charge on any atom is 0.329 e. The molecule has 3 aromatic carbocycles. The maximum atomic E-state index is 12.3. The van der Waals surface area contributed by atoms with Crippen molar-refractivity contribution in [3.63, 3.8) is 0 Å². The van der Waals surface area contributed by atoms with Gasteiger partial charge in [-0.25, -0.2) is 5.43 Å². The van der Waals surface area contributed by atoms with Crippen LogP contribution in [-0.2, 0) is 20.9 Å². The summed E-state index contributed by atoms with van der Waals surface area (Å²) < 4.78 is 5.56. The second-order valence-corrected chi connectivity index (χ2v) is 8.55. The molecule has 3 N–H and O–H groups in total. The lowest BCUT2D eigenvalue weighted by atomic mass is 10.1.